The lowest BCUT2D eigenvalue weighted by Crippen LogP contribution is -2.41. The summed E-state index contributed by atoms with van der Waals surface area (Å²) >= 11 is 0. The Kier molecular flexibility index (Phi) is 4.90. The molecule has 4 heteroatoms. The first-order valence-electron chi connectivity index (χ1n) is 8.21. The first-order chi connectivity index (χ1) is 10.7. The second-order valence-corrected chi connectivity index (χ2v) is 6.44. The fourth-order valence-corrected chi connectivity index (χ4v) is 3.17. The molecule has 2 aromatic rings. The molecular weight excluding hydrogens is 272 g/mol. The predicted molar refractivity (Wildman–Crippen MR) is 89.6 cm³/mol. The number of hydrogen-bond acceptors (Lipinski definition) is 3. The molecule has 4 nitrogen and oxygen atoms in total. The summed E-state index contributed by atoms with van der Waals surface area (Å²) in [5.41, 5.74) is 5.23. The van der Waals surface area contributed by atoms with Crippen molar-refractivity contribution >= 4 is 0 Å². The lowest BCUT2D eigenvalue weighted by molar-refractivity contribution is 0.190. The molecule has 0 unspecified atom stereocenters. The zero-order valence-corrected chi connectivity index (χ0v) is 13.6. The van der Waals surface area contributed by atoms with Gasteiger partial charge in [0.15, 0.2) is 0 Å². The molecule has 1 fully saturated rings. The molecule has 1 saturated heterocycles. The highest BCUT2D eigenvalue weighted by Crippen LogP contribution is 2.15. The van der Waals surface area contributed by atoms with Gasteiger partial charge in [-0.1, -0.05) is 29.8 Å². The van der Waals surface area contributed by atoms with Crippen LogP contribution in [0.25, 0.3) is 0 Å². The zero-order valence-electron chi connectivity index (χ0n) is 13.6. The zero-order chi connectivity index (χ0) is 15.4. The van der Waals surface area contributed by atoms with Crippen LogP contribution in [0.2, 0.25) is 0 Å². The first kappa shape index (κ1) is 15.3. The third-order valence-electron chi connectivity index (χ3n) is 4.59. The lowest BCUT2D eigenvalue weighted by atomic mass is 10.0. The Morgan fingerprint density at radius 2 is 2.09 bits per heavy atom. The van der Waals surface area contributed by atoms with Crippen molar-refractivity contribution in [1.82, 2.24) is 20.4 Å². The van der Waals surface area contributed by atoms with Gasteiger partial charge < -0.3 is 5.32 Å². The van der Waals surface area contributed by atoms with Gasteiger partial charge in [0.05, 0.1) is 6.20 Å². The van der Waals surface area contributed by atoms with E-state index in [9.17, 15) is 0 Å². The quantitative estimate of drug-likeness (QED) is 0.892. The summed E-state index contributed by atoms with van der Waals surface area (Å²) in [6, 6.07) is 9.48. The molecule has 0 spiro atoms. The van der Waals surface area contributed by atoms with Crippen LogP contribution in [-0.4, -0.2) is 34.2 Å². The molecule has 0 aliphatic carbocycles. The number of nitrogens with zero attached hydrogens (tertiary/aromatic N) is 2. The van der Waals surface area contributed by atoms with Crippen LogP contribution in [0.5, 0.6) is 0 Å². The van der Waals surface area contributed by atoms with Gasteiger partial charge >= 0.3 is 0 Å². The van der Waals surface area contributed by atoms with E-state index in [0.29, 0.717) is 6.04 Å². The summed E-state index contributed by atoms with van der Waals surface area (Å²) in [5, 5.41) is 10.7. The smallest absolute Gasteiger partial charge is 0.0535 e. The monoisotopic (exact) mass is 298 g/mol. The SMILES string of the molecule is Cc1cccc(CN2CCC(NCc3cn[nH]c3C)CC2)c1. The van der Waals surface area contributed by atoms with E-state index in [1.54, 1.807) is 0 Å². The Morgan fingerprint density at radius 3 is 2.77 bits per heavy atom. The normalized spacial score (nSPS) is 17.0. The fraction of sp³-hybridized carbons (Fsp3) is 0.500. The van der Waals surface area contributed by atoms with Crippen LogP contribution >= 0.6 is 0 Å². The van der Waals surface area contributed by atoms with Gasteiger partial charge in [0, 0.05) is 30.4 Å². The topological polar surface area (TPSA) is 44.0 Å². The molecule has 1 aliphatic heterocycles. The number of rotatable bonds is 5. The van der Waals surface area contributed by atoms with Crippen molar-refractivity contribution in [3.05, 3.63) is 52.8 Å². The third-order valence-corrected chi connectivity index (χ3v) is 4.59. The third kappa shape index (κ3) is 3.96. The lowest BCUT2D eigenvalue weighted by Gasteiger charge is -2.32. The van der Waals surface area contributed by atoms with Gasteiger partial charge in [-0.2, -0.15) is 5.10 Å². The van der Waals surface area contributed by atoms with E-state index in [-0.39, 0.29) is 0 Å². The number of nitrogens with one attached hydrogen (secondary N) is 2. The number of aromatic nitrogens is 2. The molecule has 118 valence electrons. The fourth-order valence-electron chi connectivity index (χ4n) is 3.17. The highest BCUT2D eigenvalue weighted by molar-refractivity contribution is 5.22. The van der Waals surface area contributed by atoms with E-state index in [4.69, 9.17) is 0 Å². The maximum Gasteiger partial charge on any atom is 0.0535 e. The van der Waals surface area contributed by atoms with Gasteiger partial charge in [-0.25, -0.2) is 0 Å². The summed E-state index contributed by atoms with van der Waals surface area (Å²) in [4.78, 5) is 2.57. The van der Waals surface area contributed by atoms with Crippen LogP contribution in [0.4, 0.5) is 0 Å². The maximum absolute atomic E-state index is 4.08. The van der Waals surface area contributed by atoms with E-state index in [2.05, 4.69) is 58.5 Å². The summed E-state index contributed by atoms with van der Waals surface area (Å²) in [6.07, 6.45) is 4.38. The summed E-state index contributed by atoms with van der Waals surface area (Å²) < 4.78 is 0. The van der Waals surface area contributed by atoms with Gasteiger partial charge in [0.2, 0.25) is 0 Å². The summed E-state index contributed by atoms with van der Waals surface area (Å²) in [5.74, 6) is 0. The van der Waals surface area contributed by atoms with E-state index in [1.165, 1.54) is 48.3 Å². The van der Waals surface area contributed by atoms with Crippen molar-refractivity contribution in [2.24, 2.45) is 0 Å². The van der Waals surface area contributed by atoms with E-state index in [1.807, 2.05) is 6.20 Å². The van der Waals surface area contributed by atoms with E-state index >= 15 is 0 Å². The molecule has 22 heavy (non-hydrogen) atoms. The molecule has 2 heterocycles. The van der Waals surface area contributed by atoms with Crippen molar-refractivity contribution in [2.75, 3.05) is 13.1 Å². The van der Waals surface area contributed by atoms with Crippen molar-refractivity contribution in [3.63, 3.8) is 0 Å². The number of hydrogen-bond donors (Lipinski definition) is 2. The molecule has 3 rings (SSSR count). The number of benzene rings is 1. The van der Waals surface area contributed by atoms with Crippen LogP contribution in [0.3, 0.4) is 0 Å². The Hall–Kier alpha value is -1.65. The van der Waals surface area contributed by atoms with Crippen LogP contribution in [0.1, 0.15) is 35.2 Å². The Morgan fingerprint density at radius 1 is 1.27 bits per heavy atom. The molecule has 0 bridgehead atoms. The number of H-pyrrole nitrogens is 1. The van der Waals surface area contributed by atoms with Crippen molar-refractivity contribution in [1.29, 1.82) is 0 Å². The summed E-state index contributed by atoms with van der Waals surface area (Å²) in [7, 11) is 0. The molecule has 0 amide bonds. The Balaban J connectivity index is 1.43. The molecule has 1 aromatic heterocycles. The van der Waals surface area contributed by atoms with Gasteiger partial charge in [-0.15, -0.1) is 0 Å². The van der Waals surface area contributed by atoms with Crippen molar-refractivity contribution in [3.8, 4) is 0 Å². The second kappa shape index (κ2) is 7.07. The molecule has 2 N–H and O–H groups in total. The minimum absolute atomic E-state index is 0.628. The van der Waals surface area contributed by atoms with Crippen LogP contribution in [0.15, 0.2) is 30.5 Å². The molecular formula is C18H26N4. The minimum atomic E-state index is 0.628. The number of aryl methyl sites for hydroxylation is 2. The van der Waals surface area contributed by atoms with E-state index < -0.39 is 0 Å². The van der Waals surface area contributed by atoms with Gasteiger partial charge in [-0.05, 0) is 45.3 Å². The number of piperidine rings is 1. The maximum atomic E-state index is 4.08. The number of aromatic amines is 1. The second-order valence-electron chi connectivity index (χ2n) is 6.44. The van der Waals surface area contributed by atoms with Gasteiger partial charge in [-0.3, -0.25) is 10.00 Å². The highest BCUT2D eigenvalue weighted by Gasteiger charge is 2.19. The average molecular weight is 298 g/mol. The first-order valence-corrected chi connectivity index (χ1v) is 8.21. The van der Waals surface area contributed by atoms with Gasteiger partial charge in [0.1, 0.15) is 0 Å². The summed E-state index contributed by atoms with van der Waals surface area (Å²) in [6.45, 7) is 8.60. The molecule has 1 aliphatic rings. The average Bonchev–Trinajstić information content (AvgIpc) is 2.92. The molecule has 0 saturated carbocycles. The standard InChI is InChI=1S/C18H26N4/c1-14-4-3-5-16(10-14)13-22-8-6-18(7-9-22)19-11-17-12-20-21-15(17)2/h3-5,10,12,18-19H,6-9,11,13H2,1-2H3,(H,20,21). The largest absolute Gasteiger partial charge is 0.310 e. The number of likely N-dealkylation sites (tertiary alicyclic amines) is 1. The highest BCUT2D eigenvalue weighted by atomic mass is 15.1. The van der Waals surface area contributed by atoms with Crippen molar-refractivity contribution in [2.45, 2.75) is 45.8 Å². The van der Waals surface area contributed by atoms with Crippen molar-refractivity contribution < 1.29 is 0 Å². The molecule has 0 atom stereocenters. The molecule has 0 radical (unpaired) electrons. The van der Waals surface area contributed by atoms with Crippen LogP contribution < -0.4 is 5.32 Å². The van der Waals surface area contributed by atoms with E-state index in [0.717, 1.165) is 13.1 Å². The Bertz CT molecular complexity index is 597. The van der Waals surface area contributed by atoms with Crippen LogP contribution in [0, 0.1) is 13.8 Å². The predicted octanol–water partition coefficient (Wildman–Crippen LogP) is 2.78. The van der Waals surface area contributed by atoms with Gasteiger partial charge in [0.25, 0.3) is 0 Å². The van der Waals surface area contributed by atoms with Crippen LogP contribution in [-0.2, 0) is 13.1 Å². The Labute approximate surface area is 132 Å². The minimum Gasteiger partial charge on any atom is -0.310 e. The molecule has 1 aromatic carbocycles.